The maximum absolute atomic E-state index is 12.6. The molecule has 0 saturated heterocycles. The second kappa shape index (κ2) is 7.56. The van der Waals surface area contributed by atoms with Crippen LogP contribution < -0.4 is 4.74 Å². The summed E-state index contributed by atoms with van der Waals surface area (Å²) in [4.78, 5) is 49.1. The number of nitrogens with zero attached hydrogens (tertiary/aromatic N) is 2. The van der Waals surface area contributed by atoms with Crippen LogP contribution in [0.25, 0.3) is 0 Å². The Labute approximate surface area is 170 Å². The lowest BCUT2D eigenvalue weighted by Crippen LogP contribution is -2.43. The highest BCUT2D eigenvalue weighted by atomic mass is 16.7. The molecule has 2 amide bonds. The van der Waals surface area contributed by atoms with Gasteiger partial charge in [-0.15, -0.1) is 0 Å². The SMILES string of the molecule is C[C@H](C(=O)OCc1cc([N+](=O)[O-])cc2c1OCOC2)N1C(=O)c2ccccc2C1=O. The van der Waals surface area contributed by atoms with Gasteiger partial charge in [0.05, 0.1) is 22.7 Å². The van der Waals surface area contributed by atoms with Crippen molar-refractivity contribution in [1.29, 1.82) is 0 Å². The van der Waals surface area contributed by atoms with Crippen molar-refractivity contribution in [2.24, 2.45) is 0 Å². The lowest BCUT2D eigenvalue weighted by atomic mass is 10.1. The van der Waals surface area contributed by atoms with Gasteiger partial charge in [0.2, 0.25) is 0 Å². The molecule has 0 aromatic heterocycles. The van der Waals surface area contributed by atoms with Crippen molar-refractivity contribution in [3.05, 3.63) is 68.8 Å². The summed E-state index contributed by atoms with van der Waals surface area (Å²) in [6.07, 6.45) is 0. The molecule has 0 bridgehead atoms. The van der Waals surface area contributed by atoms with Crippen LogP contribution in [0.4, 0.5) is 5.69 Å². The first kappa shape index (κ1) is 19.5. The van der Waals surface area contributed by atoms with Crippen molar-refractivity contribution in [3.63, 3.8) is 0 Å². The van der Waals surface area contributed by atoms with Crippen LogP contribution in [0.15, 0.2) is 36.4 Å². The molecule has 2 aromatic carbocycles. The van der Waals surface area contributed by atoms with E-state index in [9.17, 15) is 24.5 Å². The van der Waals surface area contributed by atoms with E-state index in [4.69, 9.17) is 14.2 Å². The van der Waals surface area contributed by atoms with E-state index in [1.54, 1.807) is 12.1 Å². The molecule has 0 N–H and O–H groups in total. The number of fused-ring (bicyclic) bond motifs is 2. The van der Waals surface area contributed by atoms with Crippen LogP contribution in [0, 0.1) is 10.1 Å². The summed E-state index contributed by atoms with van der Waals surface area (Å²) >= 11 is 0. The molecule has 10 heteroatoms. The third-order valence-corrected chi connectivity index (χ3v) is 4.91. The molecule has 10 nitrogen and oxygen atoms in total. The summed E-state index contributed by atoms with van der Waals surface area (Å²) in [6, 6.07) is 7.71. The van der Waals surface area contributed by atoms with Crippen molar-refractivity contribution >= 4 is 23.5 Å². The summed E-state index contributed by atoms with van der Waals surface area (Å²) in [5, 5.41) is 11.2. The Morgan fingerprint density at radius 1 is 1.23 bits per heavy atom. The van der Waals surface area contributed by atoms with Crippen LogP contribution in [0.2, 0.25) is 0 Å². The van der Waals surface area contributed by atoms with Gasteiger partial charge < -0.3 is 14.2 Å². The number of carbonyl (C=O) groups is 3. The third kappa shape index (κ3) is 3.26. The van der Waals surface area contributed by atoms with Gasteiger partial charge in [-0.2, -0.15) is 0 Å². The maximum atomic E-state index is 12.6. The van der Waals surface area contributed by atoms with Gasteiger partial charge in [0.1, 0.15) is 18.4 Å². The fourth-order valence-electron chi connectivity index (χ4n) is 3.43. The van der Waals surface area contributed by atoms with E-state index in [0.717, 1.165) is 4.90 Å². The van der Waals surface area contributed by atoms with E-state index < -0.39 is 28.7 Å². The van der Waals surface area contributed by atoms with Gasteiger partial charge in [-0.05, 0) is 19.1 Å². The summed E-state index contributed by atoms with van der Waals surface area (Å²) in [7, 11) is 0. The first-order valence-corrected chi connectivity index (χ1v) is 9.02. The van der Waals surface area contributed by atoms with Crippen LogP contribution in [-0.2, 0) is 27.5 Å². The molecule has 0 saturated carbocycles. The van der Waals surface area contributed by atoms with Crippen LogP contribution in [0.5, 0.6) is 5.75 Å². The zero-order chi connectivity index (χ0) is 21.4. The fraction of sp³-hybridized carbons (Fsp3) is 0.250. The topological polar surface area (TPSA) is 125 Å². The van der Waals surface area contributed by atoms with Crippen LogP contribution in [0.3, 0.4) is 0 Å². The standard InChI is InChI=1S/C20H16N2O8/c1-11(21-18(23)15-4-2-3-5-16(15)19(21)24)20(25)29-9-13-7-14(22(26)27)6-12-8-28-10-30-17(12)13/h2-7,11H,8-10H2,1H3/t11-/m1/s1. The Hall–Kier alpha value is -3.79. The summed E-state index contributed by atoms with van der Waals surface area (Å²) < 4.78 is 15.8. The van der Waals surface area contributed by atoms with E-state index in [1.807, 2.05) is 0 Å². The number of amides is 2. The zero-order valence-electron chi connectivity index (χ0n) is 15.8. The molecule has 2 heterocycles. The van der Waals surface area contributed by atoms with Crippen LogP contribution >= 0.6 is 0 Å². The van der Waals surface area contributed by atoms with Crippen molar-refractivity contribution in [2.45, 2.75) is 26.2 Å². The third-order valence-electron chi connectivity index (χ3n) is 4.91. The molecule has 1 atom stereocenters. The van der Waals surface area contributed by atoms with Gasteiger partial charge in [0.15, 0.2) is 6.79 Å². The normalized spacial score (nSPS) is 15.8. The average molecular weight is 412 g/mol. The quantitative estimate of drug-likeness (QED) is 0.317. The fourth-order valence-corrected chi connectivity index (χ4v) is 3.43. The number of hydrogen-bond donors (Lipinski definition) is 0. The van der Waals surface area contributed by atoms with Crippen molar-refractivity contribution in [3.8, 4) is 5.75 Å². The van der Waals surface area contributed by atoms with Gasteiger partial charge >= 0.3 is 5.97 Å². The minimum atomic E-state index is -1.17. The monoisotopic (exact) mass is 412 g/mol. The van der Waals surface area contributed by atoms with Gasteiger partial charge in [-0.25, -0.2) is 4.79 Å². The summed E-state index contributed by atoms with van der Waals surface area (Å²) in [5.74, 6) is -1.62. The lowest BCUT2D eigenvalue weighted by molar-refractivity contribution is -0.385. The number of imide groups is 1. The summed E-state index contributed by atoms with van der Waals surface area (Å²) in [5.41, 5.74) is 1.02. The molecule has 0 spiro atoms. The Balaban J connectivity index is 1.52. The molecule has 0 aliphatic carbocycles. The second-order valence-corrected chi connectivity index (χ2v) is 6.77. The molecule has 30 heavy (non-hydrogen) atoms. The van der Waals surface area contributed by atoms with Gasteiger partial charge in [0, 0.05) is 23.3 Å². The Bertz CT molecular complexity index is 1050. The number of rotatable bonds is 5. The number of hydrogen-bond acceptors (Lipinski definition) is 8. The highest BCUT2D eigenvalue weighted by molar-refractivity contribution is 6.22. The summed E-state index contributed by atoms with van der Waals surface area (Å²) in [6.45, 7) is 1.16. The molecule has 2 aromatic rings. The molecule has 2 aliphatic rings. The van der Waals surface area contributed by atoms with E-state index in [-0.39, 0.29) is 36.8 Å². The largest absolute Gasteiger partial charge is 0.467 e. The van der Waals surface area contributed by atoms with E-state index in [2.05, 4.69) is 0 Å². The number of non-ortho nitro benzene ring substituents is 1. The molecule has 4 rings (SSSR count). The molecule has 2 aliphatic heterocycles. The molecular formula is C20H16N2O8. The smallest absolute Gasteiger partial charge is 0.329 e. The minimum Gasteiger partial charge on any atom is -0.467 e. The highest BCUT2D eigenvalue weighted by Gasteiger charge is 2.41. The highest BCUT2D eigenvalue weighted by Crippen LogP contribution is 2.33. The molecule has 0 radical (unpaired) electrons. The number of nitro benzene ring substituents is 1. The molecular weight excluding hydrogens is 396 g/mol. The zero-order valence-corrected chi connectivity index (χ0v) is 15.8. The Morgan fingerprint density at radius 2 is 1.90 bits per heavy atom. The van der Waals surface area contributed by atoms with Crippen molar-refractivity contribution in [2.75, 3.05) is 6.79 Å². The first-order valence-electron chi connectivity index (χ1n) is 9.02. The first-order chi connectivity index (χ1) is 14.4. The van der Waals surface area contributed by atoms with Gasteiger partial charge in [-0.3, -0.25) is 24.6 Å². The van der Waals surface area contributed by atoms with Gasteiger partial charge in [-0.1, -0.05) is 12.1 Å². The molecule has 0 fully saturated rings. The molecule has 0 unspecified atom stereocenters. The van der Waals surface area contributed by atoms with Crippen LogP contribution in [0.1, 0.15) is 38.8 Å². The number of carbonyl (C=O) groups excluding carboxylic acids is 3. The number of benzene rings is 2. The van der Waals surface area contributed by atoms with Crippen LogP contribution in [-0.4, -0.2) is 40.4 Å². The average Bonchev–Trinajstić information content (AvgIpc) is 3.01. The number of esters is 1. The second-order valence-electron chi connectivity index (χ2n) is 6.77. The predicted octanol–water partition coefficient (Wildman–Crippen LogP) is 2.19. The van der Waals surface area contributed by atoms with E-state index >= 15 is 0 Å². The number of ether oxygens (including phenoxy) is 3. The minimum absolute atomic E-state index is 0.0306. The maximum Gasteiger partial charge on any atom is 0.329 e. The predicted molar refractivity (Wildman–Crippen MR) is 99.6 cm³/mol. The number of nitro groups is 1. The van der Waals surface area contributed by atoms with E-state index in [1.165, 1.54) is 31.2 Å². The molecule has 154 valence electrons. The van der Waals surface area contributed by atoms with Crippen molar-refractivity contribution < 1.29 is 33.5 Å². The van der Waals surface area contributed by atoms with Gasteiger partial charge in [0.25, 0.3) is 17.5 Å². The Kier molecular flexibility index (Phi) is 4.92. The lowest BCUT2D eigenvalue weighted by Gasteiger charge is -2.22. The van der Waals surface area contributed by atoms with E-state index in [0.29, 0.717) is 16.9 Å². The van der Waals surface area contributed by atoms with Crippen molar-refractivity contribution in [1.82, 2.24) is 4.90 Å². The Morgan fingerprint density at radius 3 is 2.53 bits per heavy atom.